The number of fused-ring (bicyclic) bond motifs is 1. The second-order valence-electron chi connectivity index (χ2n) is 6.96. The third-order valence-corrected chi connectivity index (χ3v) is 5.89. The third kappa shape index (κ3) is 4.57. The number of nitrogens with zero attached hydrogens (tertiary/aromatic N) is 2. The van der Waals surface area contributed by atoms with Gasteiger partial charge in [0, 0.05) is 27.6 Å². The SMILES string of the molecule is CC(Sc1nnc(-c2ccccc2)c2ccccc12)C(=O)Nc1ccc(C(N)=O)cc1. The molecule has 4 rings (SSSR count). The summed E-state index contributed by atoms with van der Waals surface area (Å²) in [6, 6.07) is 24.3. The Morgan fingerprint density at radius 2 is 1.52 bits per heavy atom. The van der Waals surface area contributed by atoms with E-state index in [2.05, 4.69) is 15.5 Å². The van der Waals surface area contributed by atoms with Gasteiger partial charge in [-0.2, -0.15) is 0 Å². The van der Waals surface area contributed by atoms with Crippen LogP contribution in [0, 0.1) is 0 Å². The summed E-state index contributed by atoms with van der Waals surface area (Å²) >= 11 is 1.35. The fraction of sp³-hybridized carbons (Fsp3) is 0.0833. The minimum absolute atomic E-state index is 0.171. The van der Waals surface area contributed by atoms with Gasteiger partial charge in [-0.1, -0.05) is 66.4 Å². The molecule has 3 N–H and O–H groups in total. The molecule has 6 nitrogen and oxygen atoms in total. The first-order chi connectivity index (χ1) is 15.0. The molecule has 0 fully saturated rings. The van der Waals surface area contributed by atoms with Crippen LogP contribution in [0.1, 0.15) is 17.3 Å². The summed E-state index contributed by atoms with van der Waals surface area (Å²) in [5, 5.41) is 14.0. The topological polar surface area (TPSA) is 98.0 Å². The van der Waals surface area contributed by atoms with Crippen LogP contribution in [0.25, 0.3) is 22.0 Å². The van der Waals surface area contributed by atoms with Gasteiger partial charge in [-0.3, -0.25) is 9.59 Å². The molecule has 0 radical (unpaired) electrons. The first kappa shape index (κ1) is 20.6. The average Bonchev–Trinajstić information content (AvgIpc) is 2.80. The van der Waals surface area contributed by atoms with Gasteiger partial charge in [-0.25, -0.2) is 0 Å². The van der Waals surface area contributed by atoms with E-state index in [0.717, 1.165) is 22.0 Å². The number of nitrogens with one attached hydrogen (secondary N) is 1. The molecule has 2 amide bonds. The number of carbonyl (C=O) groups is 2. The number of aromatic nitrogens is 2. The smallest absolute Gasteiger partial charge is 0.248 e. The van der Waals surface area contributed by atoms with Gasteiger partial charge in [0.1, 0.15) is 10.7 Å². The summed E-state index contributed by atoms with van der Waals surface area (Å²) in [6.07, 6.45) is 0. The number of hydrogen-bond acceptors (Lipinski definition) is 5. The number of hydrogen-bond donors (Lipinski definition) is 2. The number of rotatable bonds is 6. The molecular weight excluding hydrogens is 408 g/mol. The molecule has 0 aliphatic rings. The predicted octanol–water partition coefficient (Wildman–Crippen LogP) is 4.52. The number of anilines is 1. The van der Waals surface area contributed by atoms with E-state index in [1.807, 2.05) is 61.5 Å². The second kappa shape index (κ2) is 8.97. The van der Waals surface area contributed by atoms with Crippen LogP contribution in [0.2, 0.25) is 0 Å². The Morgan fingerprint density at radius 3 is 2.19 bits per heavy atom. The quantitative estimate of drug-likeness (QED) is 0.440. The summed E-state index contributed by atoms with van der Waals surface area (Å²) in [5.41, 5.74) is 8.04. The second-order valence-corrected chi connectivity index (χ2v) is 8.29. The monoisotopic (exact) mass is 428 g/mol. The standard InChI is InChI=1S/C24H20N4O2S/c1-15(23(30)26-18-13-11-17(12-14-18)22(25)29)31-24-20-10-6-5-9-19(20)21(27-28-24)16-7-3-2-4-8-16/h2-15H,1H3,(H2,25,29)(H,26,30). The van der Waals surface area contributed by atoms with E-state index in [0.29, 0.717) is 16.3 Å². The molecule has 4 aromatic rings. The zero-order chi connectivity index (χ0) is 21.8. The Balaban J connectivity index is 1.55. The number of primary amides is 1. The molecule has 31 heavy (non-hydrogen) atoms. The Kier molecular flexibility index (Phi) is 5.95. The molecule has 0 spiro atoms. The molecule has 1 heterocycles. The summed E-state index contributed by atoms with van der Waals surface area (Å²) in [4.78, 5) is 23.9. The van der Waals surface area contributed by atoms with Crippen molar-refractivity contribution >= 4 is 40.0 Å². The van der Waals surface area contributed by atoms with Crippen molar-refractivity contribution in [2.24, 2.45) is 5.73 Å². The van der Waals surface area contributed by atoms with Crippen molar-refractivity contribution < 1.29 is 9.59 Å². The first-order valence-corrected chi connectivity index (χ1v) is 10.6. The van der Waals surface area contributed by atoms with Crippen molar-refractivity contribution in [3.63, 3.8) is 0 Å². The van der Waals surface area contributed by atoms with Gasteiger partial charge in [0.15, 0.2) is 0 Å². The van der Waals surface area contributed by atoms with Gasteiger partial charge in [-0.05, 0) is 31.2 Å². The minimum atomic E-state index is -0.508. The van der Waals surface area contributed by atoms with Crippen LogP contribution in [0.3, 0.4) is 0 Å². The molecule has 0 aliphatic heterocycles. The van der Waals surface area contributed by atoms with Crippen LogP contribution >= 0.6 is 11.8 Å². The van der Waals surface area contributed by atoms with E-state index in [-0.39, 0.29) is 5.91 Å². The molecular formula is C24H20N4O2S. The number of nitrogens with two attached hydrogens (primary N) is 1. The Morgan fingerprint density at radius 1 is 0.871 bits per heavy atom. The van der Waals surface area contributed by atoms with E-state index in [1.54, 1.807) is 24.3 Å². The highest BCUT2D eigenvalue weighted by molar-refractivity contribution is 8.00. The first-order valence-electron chi connectivity index (χ1n) is 9.71. The van der Waals surface area contributed by atoms with Crippen LogP contribution < -0.4 is 11.1 Å². The van der Waals surface area contributed by atoms with Gasteiger partial charge in [0.05, 0.1) is 5.25 Å². The van der Waals surface area contributed by atoms with Crippen molar-refractivity contribution in [2.45, 2.75) is 17.2 Å². The lowest BCUT2D eigenvalue weighted by Gasteiger charge is -2.14. The molecule has 1 aromatic heterocycles. The fourth-order valence-electron chi connectivity index (χ4n) is 3.16. The Labute approximate surface area is 183 Å². The molecule has 0 aliphatic carbocycles. The maximum absolute atomic E-state index is 12.7. The van der Waals surface area contributed by atoms with E-state index < -0.39 is 11.2 Å². The van der Waals surface area contributed by atoms with Gasteiger partial charge in [-0.15, -0.1) is 10.2 Å². The maximum atomic E-state index is 12.7. The highest BCUT2D eigenvalue weighted by Crippen LogP contribution is 2.33. The molecule has 3 aromatic carbocycles. The normalized spacial score (nSPS) is 11.8. The largest absolute Gasteiger partial charge is 0.366 e. The van der Waals surface area contributed by atoms with Gasteiger partial charge in [0.25, 0.3) is 0 Å². The fourth-order valence-corrected chi connectivity index (χ4v) is 4.05. The van der Waals surface area contributed by atoms with E-state index >= 15 is 0 Å². The van der Waals surface area contributed by atoms with Crippen LogP contribution in [-0.4, -0.2) is 27.3 Å². The van der Waals surface area contributed by atoms with E-state index in [4.69, 9.17) is 5.73 Å². The average molecular weight is 429 g/mol. The Bertz CT molecular complexity index is 1240. The predicted molar refractivity (Wildman–Crippen MR) is 124 cm³/mol. The summed E-state index contributed by atoms with van der Waals surface area (Å²) in [7, 11) is 0. The molecule has 0 bridgehead atoms. The number of thioether (sulfide) groups is 1. The summed E-state index contributed by atoms with van der Waals surface area (Å²) < 4.78 is 0. The molecule has 1 unspecified atom stereocenters. The minimum Gasteiger partial charge on any atom is -0.366 e. The third-order valence-electron chi connectivity index (χ3n) is 4.80. The van der Waals surface area contributed by atoms with Crippen molar-refractivity contribution in [2.75, 3.05) is 5.32 Å². The summed E-state index contributed by atoms with van der Waals surface area (Å²) in [5.74, 6) is -0.680. The highest BCUT2D eigenvalue weighted by Gasteiger charge is 2.19. The van der Waals surface area contributed by atoms with E-state index in [1.165, 1.54) is 11.8 Å². The highest BCUT2D eigenvalue weighted by atomic mass is 32.2. The van der Waals surface area contributed by atoms with Crippen molar-refractivity contribution in [3.05, 3.63) is 84.4 Å². The van der Waals surface area contributed by atoms with Crippen LogP contribution in [0.4, 0.5) is 5.69 Å². The zero-order valence-corrected chi connectivity index (χ0v) is 17.6. The number of carbonyl (C=O) groups excluding carboxylic acids is 2. The van der Waals surface area contributed by atoms with Gasteiger partial charge < -0.3 is 11.1 Å². The van der Waals surface area contributed by atoms with Crippen molar-refractivity contribution in [3.8, 4) is 11.3 Å². The van der Waals surface area contributed by atoms with E-state index in [9.17, 15) is 9.59 Å². The van der Waals surface area contributed by atoms with Crippen LogP contribution in [0.15, 0.2) is 83.9 Å². The van der Waals surface area contributed by atoms with Gasteiger partial charge >= 0.3 is 0 Å². The lowest BCUT2D eigenvalue weighted by atomic mass is 10.1. The molecule has 0 saturated carbocycles. The lowest BCUT2D eigenvalue weighted by Crippen LogP contribution is -2.22. The number of benzene rings is 3. The van der Waals surface area contributed by atoms with Crippen molar-refractivity contribution in [1.82, 2.24) is 10.2 Å². The van der Waals surface area contributed by atoms with Crippen molar-refractivity contribution in [1.29, 1.82) is 0 Å². The lowest BCUT2D eigenvalue weighted by molar-refractivity contribution is -0.115. The molecule has 1 atom stereocenters. The number of amides is 2. The molecule has 7 heteroatoms. The zero-order valence-electron chi connectivity index (χ0n) is 16.8. The molecule has 154 valence electrons. The van der Waals surface area contributed by atoms with Crippen LogP contribution in [-0.2, 0) is 4.79 Å². The summed E-state index contributed by atoms with van der Waals surface area (Å²) in [6.45, 7) is 1.82. The van der Waals surface area contributed by atoms with Crippen LogP contribution in [0.5, 0.6) is 0 Å². The van der Waals surface area contributed by atoms with Gasteiger partial charge in [0.2, 0.25) is 11.8 Å². The molecule has 0 saturated heterocycles. The maximum Gasteiger partial charge on any atom is 0.248 e. The Hall–Kier alpha value is -3.71.